The molecule has 0 saturated carbocycles. The Hall–Kier alpha value is -2.05. The summed E-state index contributed by atoms with van der Waals surface area (Å²) in [6.07, 6.45) is 0. The minimum absolute atomic E-state index is 0.151. The van der Waals surface area contributed by atoms with Gasteiger partial charge >= 0.3 is 0 Å². The average molecular weight is 392 g/mol. The van der Waals surface area contributed by atoms with E-state index in [2.05, 4.69) is 45.4 Å². The highest BCUT2D eigenvalue weighted by Gasteiger charge is 2.20. The second-order valence-corrected chi connectivity index (χ2v) is 6.72. The Morgan fingerprint density at radius 3 is 2.48 bits per heavy atom. The van der Waals surface area contributed by atoms with Gasteiger partial charge in [0.15, 0.2) is 5.96 Å². The first-order valence-electron chi connectivity index (χ1n) is 9.36. The molecule has 6 nitrogen and oxygen atoms in total. The van der Waals surface area contributed by atoms with E-state index in [0.717, 1.165) is 35.1 Å². The van der Waals surface area contributed by atoms with E-state index >= 15 is 0 Å². The number of benzene rings is 1. The minimum atomic E-state index is 0.151. The first-order chi connectivity index (χ1) is 13.0. The van der Waals surface area contributed by atoms with Gasteiger partial charge in [0.25, 0.3) is 0 Å². The predicted octanol–water partition coefficient (Wildman–Crippen LogP) is 3.69. The van der Waals surface area contributed by atoms with Gasteiger partial charge in [-0.25, -0.2) is 4.98 Å². The molecule has 0 radical (unpaired) electrons. The fourth-order valence-corrected chi connectivity index (χ4v) is 3.30. The zero-order chi connectivity index (χ0) is 19.8. The maximum absolute atomic E-state index is 6.46. The maximum Gasteiger partial charge on any atom is 0.214 e. The normalized spacial score (nSPS) is 13.1. The molecular formula is C20H30ClN5O. The van der Waals surface area contributed by atoms with Crippen molar-refractivity contribution >= 4 is 17.6 Å². The summed E-state index contributed by atoms with van der Waals surface area (Å²) in [6, 6.07) is 8.16. The average Bonchev–Trinajstić information content (AvgIpc) is 2.99. The number of guanidine groups is 1. The van der Waals surface area contributed by atoms with E-state index in [1.54, 1.807) is 7.05 Å². The van der Waals surface area contributed by atoms with Gasteiger partial charge in [-0.1, -0.05) is 43.6 Å². The summed E-state index contributed by atoms with van der Waals surface area (Å²) >= 11 is 6.46. The highest BCUT2D eigenvalue weighted by atomic mass is 35.5. The first-order valence-corrected chi connectivity index (χ1v) is 9.73. The molecule has 1 aromatic carbocycles. The standard InChI is InChI=1S/C20H30ClN5O/c1-6-26(7-2)18(16-10-8-9-11-17(16)21)12-23-20(22-5)24-13-19-25-14(3)15(4)27-19/h8-11,18H,6-7,12-13H2,1-5H3,(H2,22,23,24). The molecule has 1 unspecified atom stereocenters. The molecule has 0 bridgehead atoms. The van der Waals surface area contributed by atoms with Crippen molar-refractivity contribution in [2.75, 3.05) is 26.7 Å². The molecule has 0 saturated heterocycles. The van der Waals surface area contributed by atoms with Gasteiger partial charge in [-0.15, -0.1) is 0 Å². The van der Waals surface area contributed by atoms with Crippen LogP contribution in [0.1, 0.15) is 42.8 Å². The highest BCUT2D eigenvalue weighted by molar-refractivity contribution is 6.31. The van der Waals surface area contributed by atoms with Crippen molar-refractivity contribution in [2.24, 2.45) is 4.99 Å². The van der Waals surface area contributed by atoms with E-state index in [9.17, 15) is 0 Å². The molecule has 0 fully saturated rings. The van der Waals surface area contributed by atoms with Crippen molar-refractivity contribution in [3.05, 3.63) is 52.2 Å². The van der Waals surface area contributed by atoms with Gasteiger partial charge in [0, 0.05) is 18.6 Å². The molecule has 0 amide bonds. The summed E-state index contributed by atoms with van der Waals surface area (Å²) in [7, 11) is 1.75. The summed E-state index contributed by atoms with van der Waals surface area (Å²) in [5, 5.41) is 7.44. The number of aryl methyl sites for hydroxylation is 2. The number of likely N-dealkylation sites (N-methyl/N-ethyl adjacent to an activating group) is 1. The quantitative estimate of drug-likeness (QED) is 0.530. The maximum atomic E-state index is 6.46. The Balaban J connectivity index is 2.04. The monoisotopic (exact) mass is 391 g/mol. The lowest BCUT2D eigenvalue weighted by molar-refractivity contribution is 0.219. The lowest BCUT2D eigenvalue weighted by atomic mass is 10.0. The van der Waals surface area contributed by atoms with Crippen LogP contribution in [0.5, 0.6) is 0 Å². The second-order valence-electron chi connectivity index (χ2n) is 6.31. The number of hydrogen-bond acceptors (Lipinski definition) is 4. The predicted molar refractivity (Wildman–Crippen MR) is 111 cm³/mol. The summed E-state index contributed by atoms with van der Waals surface area (Å²) in [5.41, 5.74) is 2.03. The van der Waals surface area contributed by atoms with Gasteiger partial charge in [0.05, 0.1) is 18.3 Å². The molecular weight excluding hydrogens is 362 g/mol. The fraction of sp³-hybridized carbons (Fsp3) is 0.500. The van der Waals surface area contributed by atoms with Crippen LogP contribution in [0.4, 0.5) is 0 Å². The van der Waals surface area contributed by atoms with Gasteiger partial charge < -0.3 is 15.1 Å². The van der Waals surface area contributed by atoms with Crippen LogP contribution in [0.3, 0.4) is 0 Å². The molecule has 0 aliphatic rings. The Morgan fingerprint density at radius 1 is 1.22 bits per heavy atom. The van der Waals surface area contributed by atoms with Crippen LogP contribution in [0.25, 0.3) is 0 Å². The van der Waals surface area contributed by atoms with E-state index < -0.39 is 0 Å². The van der Waals surface area contributed by atoms with Crippen LogP contribution in [0.2, 0.25) is 5.02 Å². The Bertz CT molecular complexity index is 735. The molecule has 0 spiro atoms. The van der Waals surface area contributed by atoms with Gasteiger partial charge in [-0.2, -0.15) is 0 Å². The van der Waals surface area contributed by atoms with Crippen molar-refractivity contribution < 1.29 is 4.42 Å². The molecule has 1 atom stereocenters. The molecule has 1 aromatic heterocycles. The number of aliphatic imine (C=N–C) groups is 1. The van der Waals surface area contributed by atoms with E-state index in [1.165, 1.54) is 0 Å². The zero-order valence-corrected chi connectivity index (χ0v) is 17.6. The van der Waals surface area contributed by atoms with Crippen LogP contribution in [0.15, 0.2) is 33.7 Å². The van der Waals surface area contributed by atoms with Crippen LogP contribution in [0, 0.1) is 13.8 Å². The molecule has 27 heavy (non-hydrogen) atoms. The van der Waals surface area contributed by atoms with Crippen LogP contribution in [-0.4, -0.2) is 42.5 Å². The molecule has 1 heterocycles. The fourth-order valence-electron chi connectivity index (χ4n) is 3.03. The van der Waals surface area contributed by atoms with Gasteiger partial charge in [-0.3, -0.25) is 9.89 Å². The Morgan fingerprint density at radius 2 is 1.93 bits per heavy atom. The topological polar surface area (TPSA) is 65.7 Å². The smallest absolute Gasteiger partial charge is 0.214 e. The van der Waals surface area contributed by atoms with Crippen molar-refractivity contribution in [1.29, 1.82) is 0 Å². The largest absolute Gasteiger partial charge is 0.444 e. The molecule has 0 aliphatic carbocycles. The molecule has 2 aromatic rings. The van der Waals surface area contributed by atoms with E-state index in [-0.39, 0.29) is 6.04 Å². The summed E-state index contributed by atoms with van der Waals surface area (Å²) in [6.45, 7) is 11.2. The number of oxazole rings is 1. The molecule has 148 valence electrons. The SMILES string of the molecule is CCN(CC)C(CNC(=NC)NCc1nc(C)c(C)o1)c1ccccc1Cl. The first kappa shape index (κ1) is 21.3. The number of rotatable bonds is 8. The van der Waals surface area contributed by atoms with Gasteiger partial charge in [-0.05, 0) is 38.6 Å². The minimum Gasteiger partial charge on any atom is -0.444 e. The van der Waals surface area contributed by atoms with Crippen LogP contribution >= 0.6 is 11.6 Å². The van der Waals surface area contributed by atoms with Crippen molar-refractivity contribution in [3.8, 4) is 0 Å². The van der Waals surface area contributed by atoms with Crippen LogP contribution in [-0.2, 0) is 6.54 Å². The Labute approximate surface area is 167 Å². The van der Waals surface area contributed by atoms with Crippen molar-refractivity contribution in [2.45, 2.75) is 40.3 Å². The molecule has 7 heteroatoms. The summed E-state index contributed by atoms with van der Waals surface area (Å²) in [5.74, 6) is 2.20. The number of hydrogen-bond donors (Lipinski definition) is 2. The van der Waals surface area contributed by atoms with E-state index in [0.29, 0.717) is 24.9 Å². The number of nitrogens with one attached hydrogen (secondary N) is 2. The van der Waals surface area contributed by atoms with Crippen molar-refractivity contribution in [1.82, 2.24) is 20.5 Å². The number of halogens is 1. The molecule has 2 rings (SSSR count). The van der Waals surface area contributed by atoms with Gasteiger partial charge in [0.1, 0.15) is 5.76 Å². The number of aromatic nitrogens is 1. The third-order valence-corrected chi connectivity index (χ3v) is 5.03. The van der Waals surface area contributed by atoms with Gasteiger partial charge in [0.2, 0.25) is 5.89 Å². The summed E-state index contributed by atoms with van der Waals surface area (Å²) < 4.78 is 5.61. The third kappa shape index (κ3) is 5.71. The number of nitrogens with zero attached hydrogens (tertiary/aromatic N) is 3. The van der Waals surface area contributed by atoms with E-state index in [4.69, 9.17) is 16.0 Å². The van der Waals surface area contributed by atoms with E-state index in [1.807, 2.05) is 32.0 Å². The third-order valence-electron chi connectivity index (χ3n) is 4.68. The highest BCUT2D eigenvalue weighted by Crippen LogP contribution is 2.26. The second kappa shape index (κ2) is 10.3. The van der Waals surface area contributed by atoms with Crippen LogP contribution < -0.4 is 10.6 Å². The lowest BCUT2D eigenvalue weighted by Gasteiger charge is -2.31. The summed E-state index contributed by atoms with van der Waals surface area (Å²) in [4.78, 5) is 11.1. The lowest BCUT2D eigenvalue weighted by Crippen LogP contribution is -2.43. The zero-order valence-electron chi connectivity index (χ0n) is 16.8. The molecule has 0 aliphatic heterocycles. The molecule has 2 N–H and O–H groups in total. The Kier molecular flexibility index (Phi) is 8.13. The van der Waals surface area contributed by atoms with Crippen molar-refractivity contribution in [3.63, 3.8) is 0 Å².